The SMILES string of the molecule is CCCCOc1ccccc1C(=O)Nc1ccccc1C(=O)NCCCOC. The van der Waals surface area contributed by atoms with E-state index in [4.69, 9.17) is 9.47 Å². The van der Waals surface area contributed by atoms with Crippen molar-refractivity contribution >= 4 is 17.5 Å². The van der Waals surface area contributed by atoms with Crippen molar-refractivity contribution in [1.82, 2.24) is 5.32 Å². The van der Waals surface area contributed by atoms with E-state index in [9.17, 15) is 9.59 Å². The Labute approximate surface area is 166 Å². The Hall–Kier alpha value is -2.86. The Bertz CT molecular complexity index is 777. The van der Waals surface area contributed by atoms with E-state index in [1.807, 2.05) is 6.07 Å². The van der Waals surface area contributed by atoms with Crippen LogP contribution in [0.25, 0.3) is 0 Å². The van der Waals surface area contributed by atoms with Crippen LogP contribution in [0, 0.1) is 0 Å². The summed E-state index contributed by atoms with van der Waals surface area (Å²) in [6, 6.07) is 14.1. The van der Waals surface area contributed by atoms with Crippen molar-refractivity contribution in [2.45, 2.75) is 26.2 Å². The first-order chi connectivity index (χ1) is 13.7. The summed E-state index contributed by atoms with van der Waals surface area (Å²) in [6.07, 6.45) is 2.66. The zero-order chi connectivity index (χ0) is 20.2. The van der Waals surface area contributed by atoms with Crippen LogP contribution in [-0.4, -0.2) is 38.7 Å². The van der Waals surface area contributed by atoms with Crippen LogP contribution in [0.3, 0.4) is 0 Å². The predicted molar refractivity (Wildman–Crippen MR) is 110 cm³/mol. The molecule has 150 valence electrons. The molecule has 0 saturated heterocycles. The molecule has 0 fully saturated rings. The number of hydrogen-bond acceptors (Lipinski definition) is 4. The minimum atomic E-state index is -0.313. The summed E-state index contributed by atoms with van der Waals surface area (Å²) >= 11 is 0. The number of nitrogens with one attached hydrogen (secondary N) is 2. The number of ether oxygens (including phenoxy) is 2. The molecule has 0 atom stereocenters. The van der Waals surface area contributed by atoms with Crippen molar-refractivity contribution in [3.8, 4) is 5.75 Å². The van der Waals surface area contributed by atoms with E-state index in [1.54, 1.807) is 49.6 Å². The number of methoxy groups -OCH3 is 1. The number of amides is 2. The summed E-state index contributed by atoms with van der Waals surface area (Å²) in [6.45, 7) is 3.72. The summed E-state index contributed by atoms with van der Waals surface area (Å²) in [4.78, 5) is 25.3. The predicted octanol–water partition coefficient (Wildman–Crippen LogP) is 3.88. The molecule has 0 spiro atoms. The van der Waals surface area contributed by atoms with Gasteiger partial charge in [-0.1, -0.05) is 37.6 Å². The molecule has 0 saturated carbocycles. The normalized spacial score (nSPS) is 10.4. The second-order valence-electron chi connectivity index (χ2n) is 6.30. The molecule has 2 rings (SSSR count). The highest BCUT2D eigenvalue weighted by Gasteiger charge is 2.16. The van der Waals surface area contributed by atoms with Gasteiger partial charge in [0.25, 0.3) is 11.8 Å². The summed E-state index contributed by atoms with van der Waals surface area (Å²) in [5.41, 5.74) is 1.31. The fourth-order valence-electron chi connectivity index (χ4n) is 2.60. The summed E-state index contributed by atoms with van der Waals surface area (Å²) in [5.74, 6) is -0.0128. The van der Waals surface area contributed by atoms with Crippen LogP contribution < -0.4 is 15.4 Å². The van der Waals surface area contributed by atoms with Crippen LogP contribution in [-0.2, 0) is 4.74 Å². The Kier molecular flexibility index (Phi) is 9.01. The van der Waals surface area contributed by atoms with Crippen LogP contribution in [0.1, 0.15) is 46.9 Å². The first kappa shape index (κ1) is 21.4. The molecule has 0 aliphatic heterocycles. The summed E-state index contributed by atoms with van der Waals surface area (Å²) < 4.78 is 10.7. The van der Waals surface area contributed by atoms with Gasteiger partial charge in [-0.2, -0.15) is 0 Å². The van der Waals surface area contributed by atoms with Gasteiger partial charge in [0.2, 0.25) is 0 Å². The van der Waals surface area contributed by atoms with Gasteiger partial charge in [-0.05, 0) is 37.1 Å². The maximum Gasteiger partial charge on any atom is 0.259 e. The number of hydrogen-bond donors (Lipinski definition) is 2. The number of unbranched alkanes of at least 4 members (excludes halogenated alkanes) is 1. The van der Waals surface area contributed by atoms with Crippen molar-refractivity contribution in [1.29, 1.82) is 0 Å². The molecule has 0 aliphatic rings. The Balaban J connectivity index is 2.09. The topological polar surface area (TPSA) is 76.7 Å². The fraction of sp³-hybridized carbons (Fsp3) is 0.364. The second kappa shape index (κ2) is 11.8. The van der Waals surface area contributed by atoms with Gasteiger partial charge in [0, 0.05) is 20.3 Å². The zero-order valence-electron chi connectivity index (χ0n) is 16.5. The molecule has 2 amide bonds. The molecule has 2 aromatic carbocycles. The Morgan fingerprint density at radius 3 is 2.36 bits per heavy atom. The van der Waals surface area contributed by atoms with Gasteiger partial charge in [0.05, 0.1) is 23.4 Å². The van der Waals surface area contributed by atoms with Crippen LogP contribution >= 0.6 is 0 Å². The maximum absolute atomic E-state index is 12.8. The zero-order valence-corrected chi connectivity index (χ0v) is 16.5. The number of rotatable bonds is 11. The third-order valence-corrected chi connectivity index (χ3v) is 4.12. The first-order valence-electron chi connectivity index (χ1n) is 9.56. The van der Waals surface area contributed by atoms with Crippen LogP contribution in [0.5, 0.6) is 5.75 Å². The molecule has 0 heterocycles. The molecule has 6 heteroatoms. The monoisotopic (exact) mass is 384 g/mol. The Morgan fingerprint density at radius 1 is 0.893 bits per heavy atom. The van der Waals surface area contributed by atoms with Crippen LogP contribution in [0.2, 0.25) is 0 Å². The molecule has 2 aromatic rings. The minimum Gasteiger partial charge on any atom is -0.493 e. The molecule has 6 nitrogen and oxygen atoms in total. The lowest BCUT2D eigenvalue weighted by Gasteiger charge is -2.14. The average Bonchev–Trinajstić information content (AvgIpc) is 2.72. The fourth-order valence-corrected chi connectivity index (χ4v) is 2.60. The van der Waals surface area contributed by atoms with E-state index >= 15 is 0 Å². The van der Waals surface area contributed by atoms with E-state index < -0.39 is 0 Å². The van der Waals surface area contributed by atoms with Gasteiger partial charge in [-0.25, -0.2) is 0 Å². The van der Waals surface area contributed by atoms with Gasteiger partial charge >= 0.3 is 0 Å². The number of carbonyl (C=O) groups excluding carboxylic acids is 2. The lowest BCUT2D eigenvalue weighted by Crippen LogP contribution is -2.26. The van der Waals surface area contributed by atoms with Gasteiger partial charge in [0.1, 0.15) is 5.75 Å². The lowest BCUT2D eigenvalue weighted by atomic mass is 10.1. The molecule has 0 bridgehead atoms. The molecule has 0 aromatic heterocycles. The minimum absolute atomic E-state index is 0.237. The number of benzene rings is 2. The smallest absolute Gasteiger partial charge is 0.259 e. The third kappa shape index (κ3) is 6.39. The highest BCUT2D eigenvalue weighted by atomic mass is 16.5. The first-order valence-corrected chi connectivity index (χ1v) is 9.56. The quantitative estimate of drug-likeness (QED) is 0.577. The van der Waals surface area contributed by atoms with Crippen LogP contribution in [0.4, 0.5) is 5.69 Å². The highest BCUT2D eigenvalue weighted by Crippen LogP contribution is 2.22. The summed E-state index contributed by atoms with van der Waals surface area (Å²) in [7, 11) is 1.62. The van der Waals surface area contributed by atoms with Gasteiger partial charge in [0.15, 0.2) is 0 Å². The van der Waals surface area contributed by atoms with E-state index in [0.717, 1.165) is 19.3 Å². The number of para-hydroxylation sites is 2. The number of carbonyl (C=O) groups is 2. The standard InChI is InChI=1S/C22H28N2O4/c1-3-4-16-28-20-13-8-6-11-18(20)22(26)24-19-12-7-5-10-17(19)21(25)23-14-9-15-27-2/h5-8,10-13H,3-4,9,14-16H2,1-2H3,(H,23,25)(H,24,26). The molecule has 0 aliphatic carbocycles. The van der Waals surface area contributed by atoms with Crippen molar-refractivity contribution in [2.75, 3.05) is 32.2 Å². The lowest BCUT2D eigenvalue weighted by molar-refractivity contribution is 0.0949. The molecule has 2 N–H and O–H groups in total. The Morgan fingerprint density at radius 2 is 1.61 bits per heavy atom. The van der Waals surface area contributed by atoms with E-state index in [0.29, 0.717) is 42.3 Å². The van der Waals surface area contributed by atoms with Crippen molar-refractivity contribution < 1.29 is 19.1 Å². The molecular formula is C22H28N2O4. The average molecular weight is 384 g/mol. The van der Waals surface area contributed by atoms with Crippen molar-refractivity contribution in [2.24, 2.45) is 0 Å². The molecular weight excluding hydrogens is 356 g/mol. The largest absolute Gasteiger partial charge is 0.493 e. The van der Waals surface area contributed by atoms with Crippen molar-refractivity contribution in [3.05, 3.63) is 59.7 Å². The maximum atomic E-state index is 12.8. The van der Waals surface area contributed by atoms with Gasteiger partial charge in [-0.3, -0.25) is 9.59 Å². The summed E-state index contributed by atoms with van der Waals surface area (Å²) in [5, 5.41) is 5.67. The van der Waals surface area contributed by atoms with E-state index in [2.05, 4.69) is 17.6 Å². The van der Waals surface area contributed by atoms with E-state index in [1.165, 1.54) is 0 Å². The molecule has 0 unspecified atom stereocenters. The second-order valence-corrected chi connectivity index (χ2v) is 6.30. The van der Waals surface area contributed by atoms with E-state index in [-0.39, 0.29) is 11.8 Å². The molecule has 28 heavy (non-hydrogen) atoms. The van der Waals surface area contributed by atoms with Crippen molar-refractivity contribution in [3.63, 3.8) is 0 Å². The highest BCUT2D eigenvalue weighted by molar-refractivity contribution is 6.10. The van der Waals surface area contributed by atoms with Gasteiger partial charge in [-0.15, -0.1) is 0 Å². The molecule has 0 radical (unpaired) electrons. The third-order valence-electron chi connectivity index (χ3n) is 4.12. The number of anilines is 1. The van der Waals surface area contributed by atoms with Crippen LogP contribution in [0.15, 0.2) is 48.5 Å². The van der Waals surface area contributed by atoms with Gasteiger partial charge < -0.3 is 20.1 Å².